The molecule has 6 heteroatoms. The van der Waals surface area contributed by atoms with Gasteiger partial charge in [0, 0.05) is 11.5 Å². The molecular weight excluding hydrogens is 384 g/mol. The Labute approximate surface area is 158 Å². The van der Waals surface area contributed by atoms with Gasteiger partial charge in [-0.2, -0.15) is 0 Å². The Morgan fingerprint density at radius 1 is 1.28 bits per heavy atom. The van der Waals surface area contributed by atoms with E-state index in [1.807, 2.05) is 24.3 Å². The van der Waals surface area contributed by atoms with Gasteiger partial charge in [-0.25, -0.2) is 4.79 Å². The van der Waals surface area contributed by atoms with Crippen molar-refractivity contribution in [2.24, 2.45) is 5.92 Å². The minimum absolute atomic E-state index is 0.0126. The maximum Gasteiger partial charge on any atom is 0.410 e. The van der Waals surface area contributed by atoms with Crippen LogP contribution >= 0.6 is 15.9 Å². The Hall–Kier alpha value is -1.56. The van der Waals surface area contributed by atoms with Crippen molar-refractivity contribution in [1.29, 1.82) is 0 Å². The third-order valence-electron chi connectivity index (χ3n) is 4.25. The number of hydrogen-bond donors (Lipinski definition) is 1. The number of rotatable bonds is 5. The minimum Gasteiger partial charge on any atom is -0.444 e. The molecule has 1 atom stereocenters. The molecule has 1 fully saturated rings. The van der Waals surface area contributed by atoms with Gasteiger partial charge in [0.1, 0.15) is 12.1 Å². The molecule has 0 bridgehead atoms. The maximum atomic E-state index is 12.4. The molecule has 0 saturated heterocycles. The minimum atomic E-state index is -0.576. The van der Waals surface area contributed by atoms with Crippen LogP contribution in [0.1, 0.15) is 51.6 Å². The van der Waals surface area contributed by atoms with Gasteiger partial charge < -0.3 is 15.0 Å². The average Bonchev–Trinajstić information content (AvgIpc) is 2.43. The molecule has 2 amide bonds. The fraction of sp³-hybridized carbons (Fsp3) is 0.579. The normalized spacial score (nSPS) is 15.9. The lowest BCUT2D eigenvalue weighted by Gasteiger charge is -2.35. The lowest BCUT2D eigenvalue weighted by Crippen LogP contribution is -2.44. The molecule has 5 nitrogen and oxygen atoms in total. The quantitative estimate of drug-likeness (QED) is 0.787. The van der Waals surface area contributed by atoms with E-state index in [-0.39, 0.29) is 18.5 Å². The van der Waals surface area contributed by atoms with Gasteiger partial charge in [-0.3, -0.25) is 4.79 Å². The second-order valence-corrected chi connectivity index (χ2v) is 8.54. The summed E-state index contributed by atoms with van der Waals surface area (Å²) in [6, 6.07) is 8.02. The van der Waals surface area contributed by atoms with Gasteiger partial charge in [0.05, 0.1) is 6.04 Å². The number of amides is 2. The Bertz CT molecular complexity index is 606. The Kier molecular flexibility index (Phi) is 6.49. The van der Waals surface area contributed by atoms with Gasteiger partial charge in [0.25, 0.3) is 0 Å². The van der Waals surface area contributed by atoms with Crippen LogP contribution in [0.5, 0.6) is 0 Å². The number of nitrogens with one attached hydrogen (secondary N) is 1. The number of benzene rings is 1. The Morgan fingerprint density at radius 3 is 2.36 bits per heavy atom. The second-order valence-electron chi connectivity index (χ2n) is 7.62. The van der Waals surface area contributed by atoms with Crippen molar-refractivity contribution in [2.45, 2.75) is 51.7 Å². The Balaban J connectivity index is 1.97. The number of likely N-dealkylation sites (N-methyl/N-ethyl adjacent to an activating group) is 1. The zero-order valence-corrected chi connectivity index (χ0v) is 16.9. The van der Waals surface area contributed by atoms with Crippen molar-refractivity contribution in [3.63, 3.8) is 0 Å². The second kappa shape index (κ2) is 8.21. The van der Waals surface area contributed by atoms with E-state index in [9.17, 15) is 9.59 Å². The van der Waals surface area contributed by atoms with E-state index in [2.05, 4.69) is 21.2 Å². The summed E-state index contributed by atoms with van der Waals surface area (Å²) in [5.41, 5.74) is 0.523. The fourth-order valence-corrected chi connectivity index (χ4v) is 3.02. The molecule has 0 spiro atoms. The number of carbonyl (C=O) groups is 2. The van der Waals surface area contributed by atoms with Crippen LogP contribution < -0.4 is 5.32 Å². The van der Waals surface area contributed by atoms with Crippen LogP contribution in [0.2, 0.25) is 0 Å². The van der Waals surface area contributed by atoms with Crippen molar-refractivity contribution >= 4 is 27.9 Å². The van der Waals surface area contributed by atoms with Crippen LogP contribution in [-0.2, 0) is 9.53 Å². The summed E-state index contributed by atoms with van der Waals surface area (Å²) in [4.78, 5) is 25.8. The van der Waals surface area contributed by atoms with Gasteiger partial charge in [-0.15, -0.1) is 0 Å². The molecule has 1 aliphatic carbocycles. The maximum absolute atomic E-state index is 12.4. The third-order valence-corrected chi connectivity index (χ3v) is 4.78. The fourth-order valence-electron chi connectivity index (χ4n) is 2.76. The van der Waals surface area contributed by atoms with Gasteiger partial charge in [-0.1, -0.05) is 34.5 Å². The lowest BCUT2D eigenvalue weighted by molar-refractivity contribution is -0.123. The van der Waals surface area contributed by atoms with Crippen molar-refractivity contribution in [3.05, 3.63) is 34.3 Å². The molecule has 1 unspecified atom stereocenters. The molecule has 1 N–H and O–H groups in total. The van der Waals surface area contributed by atoms with Crippen LogP contribution in [0.3, 0.4) is 0 Å². The number of hydrogen-bond acceptors (Lipinski definition) is 3. The van der Waals surface area contributed by atoms with Gasteiger partial charge in [0.15, 0.2) is 0 Å². The highest BCUT2D eigenvalue weighted by atomic mass is 79.9. The number of nitrogens with zero attached hydrogens (tertiary/aromatic N) is 1. The number of carbonyl (C=O) groups excluding carboxylic acids is 2. The summed E-state index contributed by atoms with van der Waals surface area (Å²) < 4.78 is 6.30. The number of halogens is 1. The van der Waals surface area contributed by atoms with Crippen LogP contribution in [0.15, 0.2) is 28.7 Å². The summed E-state index contributed by atoms with van der Waals surface area (Å²) in [6.45, 7) is 5.39. The molecule has 2 rings (SSSR count). The highest BCUT2D eigenvalue weighted by molar-refractivity contribution is 9.10. The van der Waals surface area contributed by atoms with Crippen molar-refractivity contribution in [2.75, 3.05) is 13.6 Å². The molecule has 1 aromatic carbocycles. The first-order valence-electron chi connectivity index (χ1n) is 8.64. The highest BCUT2D eigenvalue weighted by Gasteiger charge is 2.30. The highest BCUT2D eigenvalue weighted by Crippen LogP contribution is 2.38. The predicted octanol–water partition coefficient (Wildman–Crippen LogP) is 4.27. The summed E-state index contributed by atoms with van der Waals surface area (Å²) in [6.07, 6.45) is 2.93. The van der Waals surface area contributed by atoms with E-state index >= 15 is 0 Å². The summed E-state index contributed by atoms with van der Waals surface area (Å²) in [7, 11) is 1.58. The van der Waals surface area contributed by atoms with Gasteiger partial charge >= 0.3 is 6.09 Å². The summed E-state index contributed by atoms with van der Waals surface area (Å²) >= 11 is 3.44. The Morgan fingerprint density at radius 2 is 1.88 bits per heavy atom. The van der Waals surface area contributed by atoms with Gasteiger partial charge in [-0.05, 0) is 57.2 Å². The molecule has 1 saturated carbocycles. The first kappa shape index (κ1) is 19.8. The third kappa shape index (κ3) is 6.03. The zero-order chi connectivity index (χ0) is 18.6. The first-order chi connectivity index (χ1) is 11.7. The molecular formula is C19H27BrN2O3. The first-order valence-corrected chi connectivity index (χ1v) is 9.44. The molecule has 0 aliphatic heterocycles. The number of ether oxygens (including phenoxy) is 1. The molecule has 138 valence electrons. The standard InChI is InChI=1S/C19H27BrN2O3/c1-19(2,3)25-18(24)22(4)12-16(23)21-17(13-6-5-7-13)14-8-10-15(20)11-9-14/h8-11,13,17H,5-7,12H2,1-4H3,(H,21,23). The molecule has 1 aromatic rings. The van der Waals surface area contributed by atoms with Crippen LogP contribution in [0.4, 0.5) is 4.79 Å². The monoisotopic (exact) mass is 410 g/mol. The average molecular weight is 411 g/mol. The van der Waals surface area contributed by atoms with Crippen molar-refractivity contribution in [3.8, 4) is 0 Å². The zero-order valence-electron chi connectivity index (χ0n) is 15.3. The molecule has 0 aromatic heterocycles. The smallest absolute Gasteiger partial charge is 0.410 e. The molecule has 0 radical (unpaired) electrons. The van der Waals surface area contributed by atoms with E-state index in [0.717, 1.165) is 22.9 Å². The van der Waals surface area contributed by atoms with Gasteiger partial charge in [0.2, 0.25) is 5.91 Å². The van der Waals surface area contributed by atoms with Crippen LogP contribution in [-0.4, -0.2) is 36.1 Å². The summed E-state index contributed by atoms with van der Waals surface area (Å²) in [5.74, 6) is 0.283. The van der Waals surface area contributed by atoms with E-state index < -0.39 is 11.7 Å². The van der Waals surface area contributed by atoms with Crippen molar-refractivity contribution in [1.82, 2.24) is 10.2 Å². The predicted molar refractivity (Wildman–Crippen MR) is 101 cm³/mol. The van der Waals surface area contributed by atoms with E-state index in [0.29, 0.717) is 5.92 Å². The largest absolute Gasteiger partial charge is 0.444 e. The summed E-state index contributed by atoms with van der Waals surface area (Å²) in [5, 5.41) is 3.10. The van der Waals surface area contributed by atoms with E-state index in [1.54, 1.807) is 27.8 Å². The molecule has 0 heterocycles. The van der Waals surface area contributed by atoms with E-state index in [4.69, 9.17) is 4.74 Å². The molecule has 25 heavy (non-hydrogen) atoms. The molecule has 1 aliphatic rings. The van der Waals surface area contributed by atoms with E-state index in [1.165, 1.54) is 11.3 Å². The van der Waals surface area contributed by atoms with Crippen molar-refractivity contribution < 1.29 is 14.3 Å². The van der Waals surface area contributed by atoms with Crippen LogP contribution in [0.25, 0.3) is 0 Å². The van der Waals surface area contributed by atoms with Crippen LogP contribution in [0, 0.1) is 5.92 Å². The topological polar surface area (TPSA) is 58.6 Å². The SMILES string of the molecule is CN(CC(=O)NC(c1ccc(Br)cc1)C1CCC1)C(=O)OC(C)(C)C. The lowest BCUT2D eigenvalue weighted by atomic mass is 9.77.